The molecule has 0 unspecified atom stereocenters. The van der Waals surface area contributed by atoms with E-state index in [0.717, 1.165) is 15.0 Å². The molecule has 0 spiro atoms. The first-order valence-electron chi connectivity index (χ1n) is 10.4. The predicted octanol–water partition coefficient (Wildman–Crippen LogP) is 4.06. The van der Waals surface area contributed by atoms with Crippen molar-refractivity contribution in [2.45, 2.75) is 33.4 Å². The van der Waals surface area contributed by atoms with Crippen LogP contribution in [0.25, 0.3) is 0 Å². The van der Waals surface area contributed by atoms with E-state index in [4.69, 9.17) is 11.6 Å². The molecule has 0 radical (unpaired) electrons. The Morgan fingerprint density at radius 3 is 2.21 bits per heavy atom. The van der Waals surface area contributed by atoms with E-state index in [1.165, 1.54) is 4.90 Å². The van der Waals surface area contributed by atoms with Crippen LogP contribution in [0.2, 0.25) is 5.02 Å². The smallest absolute Gasteiger partial charge is 0.244 e. The monoisotopic (exact) mass is 557 g/mol. The number of carbonyl (C=O) groups excluding carboxylic acids is 2. The van der Waals surface area contributed by atoms with Crippen molar-refractivity contribution in [1.29, 1.82) is 0 Å². The van der Waals surface area contributed by atoms with Crippen molar-refractivity contribution in [2.24, 2.45) is 5.92 Å². The Morgan fingerprint density at radius 1 is 1.06 bits per heavy atom. The first-order valence-corrected chi connectivity index (χ1v) is 13.5. The lowest BCUT2D eigenvalue weighted by molar-refractivity contribution is -0.139. The third-order valence-corrected chi connectivity index (χ3v) is 6.98. The number of halogens is 2. The zero-order valence-corrected chi connectivity index (χ0v) is 22.2. The number of hydrogen-bond donors (Lipinski definition) is 1. The molecule has 2 rings (SSSR count). The number of rotatable bonds is 10. The molecule has 0 bridgehead atoms. The average Bonchev–Trinajstić information content (AvgIpc) is 2.74. The summed E-state index contributed by atoms with van der Waals surface area (Å²) < 4.78 is 26.8. The molecule has 7 nitrogen and oxygen atoms in total. The highest BCUT2D eigenvalue weighted by Gasteiger charge is 2.30. The van der Waals surface area contributed by atoms with E-state index in [0.29, 0.717) is 22.8 Å². The largest absolute Gasteiger partial charge is 0.354 e. The molecule has 0 aliphatic rings. The standard InChI is InChI=1S/C23H29BrClN3O4S/c1-16(2)13-26-23(30)17(3)27(14-18-7-5-6-8-21(18)25)22(29)15-28(33(4,31)32)20-11-9-19(24)10-12-20/h5-12,16-17H,13-15H2,1-4H3,(H,26,30)/t17-/m1/s1. The number of benzene rings is 2. The van der Waals surface area contributed by atoms with Crippen LogP contribution < -0.4 is 9.62 Å². The summed E-state index contributed by atoms with van der Waals surface area (Å²) in [7, 11) is -3.76. The van der Waals surface area contributed by atoms with E-state index in [1.54, 1.807) is 55.5 Å². The molecule has 0 aromatic heterocycles. The first-order chi connectivity index (χ1) is 15.4. The molecular formula is C23H29BrClN3O4S. The van der Waals surface area contributed by atoms with Gasteiger partial charge in [0.1, 0.15) is 12.6 Å². The fourth-order valence-corrected chi connectivity index (χ4v) is 4.38. The van der Waals surface area contributed by atoms with Gasteiger partial charge in [0.25, 0.3) is 0 Å². The van der Waals surface area contributed by atoms with Gasteiger partial charge in [-0.05, 0) is 48.7 Å². The minimum Gasteiger partial charge on any atom is -0.354 e. The van der Waals surface area contributed by atoms with Gasteiger partial charge in [0, 0.05) is 22.6 Å². The highest BCUT2D eigenvalue weighted by atomic mass is 79.9. The van der Waals surface area contributed by atoms with Gasteiger partial charge >= 0.3 is 0 Å². The van der Waals surface area contributed by atoms with Gasteiger partial charge < -0.3 is 10.2 Å². The zero-order valence-electron chi connectivity index (χ0n) is 19.1. The summed E-state index contributed by atoms with van der Waals surface area (Å²) in [4.78, 5) is 27.6. The number of nitrogens with zero attached hydrogens (tertiary/aromatic N) is 2. The van der Waals surface area contributed by atoms with Crippen LogP contribution >= 0.6 is 27.5 Å². The van der Waals surface area contributed by atoms with Crippen molar-refractivity contribution in [3.8, 4) is 0 Å². The number of nitrogens with one attached hydrogen (secondary N) is 1. The molecule has 0 fully saturated rings. The molecule has 1 atom stereocenters. The second-order valence-electron chi connectivity index (χ2n) is 8.17. The summed E-state index contributed by atoms with van der Waals surface area (Å²) in [5.41, 5.74) is 1.01. The predicted molar refractivity (Wildman–Crippen MR) is 136 cm³/mol. The quantitative estimate of drug-likeness (QED) is 0.477. The summed E-state index contributed by atoms with van der Waals surface area (Å²) in [5.74, 6) is -0.596. The van der Waals surface area contributed by atoms with Crippen molar-refractivity contribution in [2.75, 3.05) is 23.7 Å². The number of anilines is 1. The van der Waals surface area contributed by atoms with Crippen molar-refractivity contribution in [3.05, 3.63) is 63.6 Å². The summed E-state index contributed by atoms with van der Waals surface area (Å²) in [6.07, 6.45) is 1.04. The fourth-order valence-electron chi connectivity index (χ4n) is 3.07. The second kappa shape index (κ2) is 11.9. The summed E-state index contributed by atoms with van der Waals surface area (Å²) in [6.45, 7) is 5.64. The molecule has 0 saturated carbocycles. The Hall–Kier alpha value is -2.10. The van der Waals surface area contributed by atoms with Gasteiger partial charge in [-0.2, -0.15) is 0 Å². The van der Waals surface area contributed by atoms with Crippen molar-refractivity contribution in [1.82, 2.24) is 10.2 Å². The van der Waals surface area contributed by atoms with Crippen LogP contribution in [0.3, 0.4) is 0 Å². The van der Waals surface area contributed by atoms with Gasteiger partial charge in [0.05, 0.1) is 11.9 Å². The van der Waals surface area contributed by atoms with Crippen molar-refractivity contribution < 1.29 is 18.0 Å². The Kier molecular flexibility index (Phi) is 9.75. The van der Waals surface area contributed by atoms with E-state index in [1.807, 2.05) is 13.8 Å². The fraction of sp³-hybridized carbons (Fsp3) is 0.391. The summed E-state index contributed by atoms with van der Waals surface area (Å²) >= 11 is 9.62. The molecule has 10 heteroatoms. The number of sulfonamides is 1. The second-order valence-corrected chi connectivity index (χ2v) is 11.4. The minimum absolute atomic E-state index is 0.0622. The summed E-state index contributed by atoms with van der Waals surface area (Å²) in [6, 6.07) is 12.8. The highest BCUT2D eigenvalue weighted by Crippen LogP contribution is 2.23. The normalized spacial score (nSPS) is 12.3. The Bertz CT molecular complexity index is 1080. The molecule has 0 aliphatic heterocycles. The van der Waals surface area contributed by atoms with Crippen molar-refractivity contribution >= 4 is 55.1 Å². The van der Waals surface area contributed by atoms with Crippen LogP contribution in [0.4, 0.5) is 5.69 Å². The maximum atomic E-state index is 13.4. The van der Waals surface area contributed by atoms with Crippen LogP contribution in [0.5, 0.6) is 0 Å². The van der Waals surface area contributed by atoms with Crippen LogP contribution in [0.1, 0.15) is 26.3 Å². The Morgan fingerprint density at radius 2 is 1.67 bits per heavy atom. The average molecular weight is 559 g/mol. The maximum absolute atomic E-state index is 13.4. The zero-order chi connectivity index (χ0) is 24.8. The first kappa shape index (κ1) is 27.1. The van der Waals surface area contributed by atoms with Crippen LogP contribution in [0.15, 0.2) is 53.0 Å². The maximum Gasteiger partial charge on any atom is 0.244 e. The van der Waals surface area contributed by atoms with Crippen LogP contribution in [-0.2, 0) is 26.2 Å². The lowest BCUT2D eigenvalue weighted by Gasteiger charge is -2.31. The molecule has 2 amide bonds. The van der Waals surface area contributed by atoms with Gasteiger partial charge in [-0.15, -0.1) is 0 Å². The Balaban J connectivity index is 2.36. The van der Waals surface area contributed by atoms with Gasteiger partial charge in [0.15, 0.2) is 0 Å². The van der Waals surface area contributed by atoms with Crippen LogP contribution in [-0.4, -0.2) is 50.5 Å². The lowest BCUT2D eigenvalue weighted by atomic mass is 10.1. The number of amides is 2. The molecule has 0 saturated heterocycles. The topological polar surface area (TPSA) is 86.8 Å². The van der Waals surface area contributed by atoms with E-state index in [2.05, 4.69) is 21.2 Å². The van der Waals surface area contributed by atoms with Crippen LogP contribution in [0, 0.1) is 5.92 Å². The van der Waals surface area contributed by atoms with Gasteiger partial charge in [-0.1, -0.05) is 59.6 Å². The van der Waals surface area contributed by atoms with Gasteiger partial charge in [-0.3, -0.25) is 13.9 Å². The van der Waals surface area contributed by atoms with E-state index in [-0.39, 0.29) is 18.4 Å². The van der Waals surface area contributed by atoms with E-state index < -0.39 is 28.5 Å². The third-order valence-electron chi connectivity index (χ3n) is 4.94. The lowest BCUT2D eigenvalue weighted by Crippen LogP contribution is -2.51. The van der Waals surface area contributed by atoms with Gasteiger partial charge in [0.2, 0.25) is 21.8 Å². The molecule has 0 aliphatic carbocycles. The SMILES string of the molecule is CC(C)CNC(=O)[C@@H](C)N(Cc1ccccc1Cl)C(=O)CN(c1ccc(Br)cc1)S(C)(=O)=O. The highest BCUT2D eigenvalue weighted by molar-refractivity contribution is 9.10. The molecule has 1 N–H and O–H groups in total. The van der Waals surface area contributed by atoms with Crippen molar-refractivity contribution in [3.63, 3.8) is 0 Å². The molecule has 180 valence electrons. The molecule has 0 heterocycles. The molecule has 2 aromatic carbocycles. The summed E-state index contributed by atoms with van der Waals surface area (Å²) in [5, 5.41) is 3.29. The van der Waals surface area contributed by atoms with E-state index >= 15 is 0 Å². The Labute approximate surface area is 209 Å². The van der Waals surface area contributed by atoms with Gasteiger partial charge in [-0.25, -0.2) is 8.42 Å². The molecular weight excluding hydrogens is 530 g/mol. The third kappa shape index (κ3) is 8.01. The number of hydrogen-bond acceptors (Lipinski definition) is 4. The van der Waals surface area contributed by atoms with E-state index in [9.17, 15) is 18.0 Å². The minimum atomic E-state index is -3.76. The number of carbonyl (C=O) groups is 2. The molecule has 33 heavy (non-hydrogen) atoms. The molecule has 2 aromatic rings.